The monoisotopic (exact) mass is 324 g/mol. The Morgan fingerprint density at radius 1 is 1.00 bits per heavy atom. The third-order valence-electron chi connectivity index (χ3n) is 3.98. The molecule has 126 valence electrons. The number of likely N-dealkylation sites (N-methyl/N-ethyl adjacent to an activating group) is 1. The molecule has 0 heterocycles. The molecule has 0 bridgehead atoms. The first-order chi connectivity index (χ1) is 11.5. The van der Waals surface area contributed by atoms with E-state index in [1.807, 2.05) is 18.2 Å². The van der Waals surface area contributed by atoms with Crippen LogP contribution < -0.4 is 5.32 Å². The van der Waals surface area contributed by atoms with Crippen molar-refractivity contribution in [2.75, 3.05) is 7.05 Å². The molecule has 0 fully saturated rings. The Kier molecular flexibility index (Phi) is 6.13. The van der Waals surface area contributed by atoms with Gasteiger partial charge in [0.05, 0.1) is 0 Å². The minimum Gasteiger partial charge on any atom is -0.341 e. The van der Waals surface area contributed by atoms with Crippen LogP contribution in [0.3, 0.4) is 0 Å². The summed E-state index contributed by atoms with van der Waals surface area (Å²) in [7, 11) is 1.75. The third-order valence-corrected chi connectivity index (χ3v) is 3.98. The van der Waals surface area contributed by atoms with Gasteiger partial charge in [-0.1, -0.05) is 49.4 Å². The number of hydrogen-bond acceptors (Lipinski definition) is 2. The molecule has 4 heteroatoms. The fourth-order valence-corrected chi connectivity index (χ4v) is 2.49. The average Bonchev–Trinajstić information content (AvgIpc) is 2.62. The van der Waals surface area contributed by atoms with Crippen molar-refractivity contribution < 1.29 is 9.59 Å². The van der Waals surface area contributed by atoms with Gasteiger partial charge in [-0.15, -0.1) is 0 Å². The number of aryl methyl sites for hydroxylation is 1. The Morgan fingerprint density at radius 3 is 2.17 bits per heavy atom. The summed E-state index contributed by atoms with van der Waals surface area (Å²) in [6.07, 6.45) is 0.998. The van der Waals surface area contributed by atoms with Crippen LogP contribution in [-0.2, 0) is 17.8 Å². The molecule has 0 saturated carbocycles. The van der Waals surface area contributed by atoms with E-state index in [1.54, 1.807) is 43.1 Å². The summed E-state index contributed by atoms with van der Waals surface area (Å²) < 4.78 is 0. The molecule has 2 amide bonds. The third kappa shape index (κ3) is 4.69. The normalized spacial score (nSPS) is 11.6. The summed E-state index contributed by atoms with van der Waals surface area (Å²) in [4.78, 5) is 26.2. The minimum absolute atomic E-state index is 0.112. The molecule has 1 unspecified atom stereocenters. The van der Waals surface area contributed by atoms with Crippen molar-refractivity contribution in [3.8, 4) is 0 Å². The Labute approximate surface area is 143 Å². The Bertz CT molecular complexity index is 681. The molecule has 24 heavy (non-hydrogen) atoms. The van der Waals surface area contributed by atoms with Crippen molar-refractivity contribution in [1.29, 1.82) is 0 Å². The lowest BCUT2D eigenvalue weighted by molar-refractivity contribution is -0.132. The molecule has 0 spiro atoms. The number of benzene rings is 2. The van der Waals surface area contributed by atoms with Crippen molar-refractivity contribution in [2.45, 2.75) is 32.9 Å². The van der Waals surface area contributed by atoms with Gasteiger partial charge in [0.1, 0.15) is 6.04 Å². The largest absolute Gasteiger partial charge is 0.341 e. The van der Waals surface area contributed by atoms with Crippen LogP contribution in [0.15, 0.2) is 54.6 Å². The predicted molar refractivity (Wildman–Crippen MR) is 95.7 cm³/mol. The zero-order valence-corrected chi connectivity index (χ0v) is 14.5. The second-order valence-corrected chi connectivity index (χ2v) is 5.93. The number of nitrogens with one attached hydrogen (secondary N) is 1. The summed E-state index contributed by atoms with van der Waals surface area (Å²) in [5.74, 6) is -0.351. The van der Waals surface area contributed by atoms with Crippen molar-refractivity contribution in [1.82, 2.24) is 10.2 Å². The van der Waals surface area contributed by atoms with Crippen LogP contribution in [0.5, 0.6) is 0 Å². The maximum atomic E-state index is 12.4. The van der Waals surface area contributed by atoms with E-state index in [-0.39, 0.29) is 11.8 Å². The lowest BCUT2D eigenvalue weighted by Gasteiger charge is -2.22. The lowest BCUT2D eigenvalue weighted by atomic mass is 10.1. The maximum Gasteiger partial charge on any atom is 0.251 e. The zero-order valence-electron chi connectivity index (χ0n) is 14.5. The molecule has 2 rings (SSSR count). The lowest BCUT2D eigenvalue weighted by Crippen LogP contribution is -2.45. The van der Waals surface area contributed by atoms with Gasteiger partial charge in [-0.2, -0.15) is 0 Å². The molecular formula is C20H24N2O2. The van der Waals surface area contributed by atoms with Gasteiger partial charge in [-0.3, -0.25) is 9.59 Å². The van der Waals surface area contributed by atoms with Crippen molar-refractivity contribution >= 4 is 11.8 Å². The van der Waals surface area contributed by atoms with Gasteiger partial charge in [-0.25, -0.2) is 0 Å². The first-order valence-corrected chi connectivity index (χ1v) is 8.20. The first kappa shape index (κ1) is 17.7. The molecule has 1 atom stereocenters. The second kappa shape index (κ2) is 8.29. The van der Waals surface area contributed by atoms with E-state index in [1.165, 1.54) is 5.56 Å². The molecule has 0 radical (unpaired) electrons. The van der Waals surface area contributed by atoms with E-state index in [2.05, 4.69) is 24.4 Å². The zero-order chi connectivity index (χ0) is 17.5. The molecule has 0 saturated heterocycles. The van der Waals surface area contributed by atoms with Gasteiger partial charge in [0, 0.05) is 19.2 Å². The molecule has 2 aromatic carbocycles. The van der Waals surface area contributed by atoms with Crippen LogP contribution in [-0.4, -0.2) is 29.8 Å². The van der Waals surface area contributed by atoms with E-state index in [0.717, 1.165) is 12.0 Å². The fraction of sp³-hybridized carbons (Fsp3) is 0.300. The topological polar surface area (TPSA) is 49.4 Å². The summed E-state index contributed by atoms with van der Waals surface area (Å²) >= 11 is 0. The molecule has 0 aromatic heterocycles. The second-order valence-electron chi connectivity index (χ2n) is 5.93. The molecular weight excluding hydrogens is 300 g/mol. The van der Waals surface area contributed by atoms with Crippen LogP contribution >= 0.6 is 0 Å². The van der Waals surface area contributed by atoms with Crippen LogP contribution in [0.25, 0.3) is 0 Å². The van der Waals surface area contributed by atoms with E-state index in [9.17, 15) is 9.59 Å². The summed E-state index contributed by atoms with van der Waals surface area (Å²) in [6.45, 7) is 4.34. The predicted octanol–water partition coefficient (Wildman–Crippen LogP) is 3.03. The van der Waals surface area contributed by atoms with Gasteiger partial charge >= 0.3 is 0 Å². The van der Waals surface area contributed by atoms with Crippen LogP contribution in [0.2, 0.25) is 0 Å². The smallest absolute Gasteiger partial charge is 0.251 e. The maximum absolute atomic E-state index is 12.4. The average molecular weight is 324 g/mol. The molecule has 0 aliphatic rings. The number of carbonyl (C=O) groups excluding carboxylic acids is 2. The van der Waals surface area contributed by atoms with Crippen LogP contribution in [0, 0.1) is 0 Å². The van der Waals surface area contributed by atoms with Crippen molar-refractivity contribution in [3.63, 3.8) is 0 Å². The standard InChI is InChI=1S/C20H24N2O2/c1-4-16-10-12-17(13-11-16)14-22(3)20(24)15(2)21-19(23)18-8-6-5-7-9-18/h5-13,15H,4,14H2,1-3H3,(H,21,23). The van der Waals surface area contributed by atoms with E-state index in [0.29, 0.717) is 12.1 Å². The van der Waals surface area contributed by atoms with Gasteiger partial charge in [-0.05, 0) is 36.6 Å². The summed E-state index contributed by atoms with van der Waals surface area (Å²) in [5, 5.41) is 2.75. The molecule has 0 aliphatic carbocycles. The number of carbonyl (C=O) groups is 2. The highest BCUT2D eigenvalue weighted by Gasteiger charge is 2.20. The van der Waals surface area contributed by atoms with Gasteiger partial charge < -0.3 is 10.2 Å². The molecule has 1 N–H and O–H groups in total. The van der Waals surface area contributed by atoms with Crippen LogP contribution in [0.1, 0.15) is 35.3 Å². The Morgan fingerprint density at radius 2 is 1.58 bits per heavy atom. The number of amides is 2. The van der Waals surface area contributed by atoms with E-state index < -0.39 is 6.04 Å². The van der Waals surface area contributed by atoms with E-state index in [4.69, 9.17) is 0 Å². The molecule has 0 aliphatic heterocycles. The highest BCUT2D eigenvalue weighted by atomic mass is 16.2. The SMILES string of the molecule is CCc1ccc(CN(C)C(=O)C(C)NC(=O)c2ccccc2)cc1. The summed E-state index contributed by atoms with van der Waals surface area (Å²) in [5.41, 5.74) is 2.90. The fourth-order valence-electron chi connectivity index (χ4n) is 2.49. The molecule has 4 nitrogen and oxygen atoms in total. The van der Waals surface area contributed by atoms with Crippen molar-refractivity contribution in [3.05, 3.63) is 71.3 Å². The minimum atomic E-state index is -0.572. The van der Waals surface area contributed by atoms with Gasteiger partial charge in [0.2, 0.25) is 5.91 Å². The highest BCUT2D eigenvalue weighted by Crippen LogP contribution is 2.08. The first-order valence-electron chi connectivity index (χ1n) is 8.20. The molecule has 2 aromatic rings. The number of rotatable bonds is 6. The quantitative estimate of drug-likeness (QED) is 0.888. The highest BCUT2D eigenvalue weighted by molar-refractivity contribution is 5.97. The number of hydrogen-bond donors (Lipinski definition) is 1. The van der Waals surface area contributed by atoms with Gasteiger partial charge in [0.15, 0.2) is 0 Å². The number of nitrogens with zero attached hydrogens (tertiary/aromatic N) is 1. The summed E-state index contributed by atoms with van der Waals surface area (Å²) in [6, 6.07) is 16.6. The Balaban J connectivity index is 1.92. The van der Waals surface area contributed by atoms with Crippen molar-refractivity contribution in [2.24, 2.45) is 0 Å². The van der Waals surface area contributed by atoms with Crippen LogP contribution in [0.4, 0.5) is 0 Å². The Hall–Kier alpha value is -2.62. The van der Waals surface area contributed by atoms with Gasteiger partial charge in [0.25, 0.3) is 5.91 Å². The van der Waals surface area contributed by atoms with E-state index >= 15 is 0 Å².